The number of aromatic nitrogens is 10. The third-order valence-electron chi connectivity index (χ3n) is 11.8. The smallest absolute Gasteiger partial charge is 0.178 e. The first kappa shape index (κ1) is 47.5. The maximum absolute atomic E-state index is 6.05. The Labute approximate surface area is 412 Å². The Morgan fingerprint density at radius 1 is 0.423 bits per heavy atom. The molecule has 10 rings (SSSR count). The van der Waals surface area contributed by atoms with Crippen molar-refractivity contribution in [2.45, 2.75) is 84.2 Å². The minimum Gasteiger partial charge on any atom is -0.491 e. The third-order valence-corrected chi connectivity index (χ3v) is 11.8. The normalized spacial score (nSPS) is 11.9. The van der Waals surface area contributed by atoms with Crippen molar-refractivity contribution in [2.75, 3.05) is 0 Å². The van der Waals surface area contributed by atoms with Crippen molar-refractivity contribution in [3.63, 3.8) is 0 Å². The molecule has 0 aliphatic heterocycles. The van der Waals surface area contributed by atoms with Crippen molar-refractivity contribution < 1.29 is 18.9 Å². The summed E-state index contributed by atoms with van der Waals surface area (Å²) in [5.74, 6) is 4.78. The Kier molecular flexibility index (Phi) is 16.2. The minimum absolute atomic E-state index is 0.0474. The fourth-order valence-corrected chi connectivity index (χ4v) is 8.03. The van der Waals surface area contributed by atoms with Crippen LogP contribution in [0.4, 0.5) is 0 Å². The molecule has 2 N–H and O–H groups in total. The lowest BCUT2D eigenvalue weighted by Gasteiger charge is -2.14. The van der Waals surface area contributed by atoms with Crippen LogP contribution in [0.3, 0.4) is 0 Å². The molecule has 0 amide bonds. The number of aryl methyl sites for hydroxylation is 5. The Bertz CT molecular complexity index is 3190. The predicted octanol–water partition coefficient (Wildman–Crippen LogP) is 10.6. The summed E-state index contributed by atoms with van der Waals surface area (Å²) in [6.45, 7) is 4.95. The molecule has 0 aliphatic carbocycles. The van der Waals surface area contributed by atoms with E-state index in [4.69, 9.17) is 18.9 Å². The van der Waals surface area contributed by atoms with Gasteiger partial charge in [-0.3, -0.25) is 0 Å². The number of fused-ring (bicyclic) bond motifs is 2. The molecule has 0 saturated heterocycles. The lowest BCUT2D eigenvalue weighted by Crippen LogP contribution is -2.16. The van der Waals surface area contributed by atoms with E-state index in [1.54, 1.807) is 0 Å². The summed E-state index contributed by atoms with van der Waals surface area (Å²) in [4.78, 5) is 9.36. The van der Waals surface area contributed by atoms with Crippen molar-refractivity contribution in [3.05, 3.63) is 215 Å². The van der Waals surface area contributed by atoms with Gasteiger partial charge >= 0.3 is 0 Å². The maximum atomic E-state index is 6.05. The number of aromatic amines is 2. The van der Waals surface area contributed by atoms with E-state index in [9.17, 15) is 0 Å². The van der Waals surface area contributed by atoms with Gasteiger partial charge in [-0.25, -0.2) is 9.97 Å². The van der Waals surface area contributed by atoms with E-state index in [-0.39, 0.29) is 12.2 Å². The number of rotatable bonds is 21. The number of H-pyrrole nitrogens is 2. The molecule has 4 heterocycles. The summed E-state index contributed by atoms with van der Waals surface area (Å²) in [5.41, 5.74) is 8.82. The summed E-state index contributed by atoms with van der Waals surface area (Å²) in [6, 6.07) is 57.6. The van der Waals surface area contributed by atoms with Crippen molar-refractivity contribution in [1.29, 1.82) is 0 Å². The van der Waals surface area contributed by atoms with E-state index < -0.39 is 0 Å². The molecule has 0 spiro atoms. The summed E-state index contributed by atoms with van der Waals surface area (Å²) in [5, 5.41) is 30.3. The second-order valence-electron chi connectivity index (χ2n) is 17.4. The molecule has 2 atom stereocenters. The maximum Gasteiger partial charge on any atom is 0.178 e. The molecule has 358 valence electrons. The van der Waals surface area contributed by atoms with E-state index in [2.05, 4.69) is 131 Å². The predicted molar refractivity (Wildman–Crippen MR) is 273 cm³/mol. The molecule has 14 nitrogen and oxygen atoms in total. The van der Waals surface area contributed by atoms with Gasteiger partial charge in [0.2, 0.25) is 0 Å². The first-order valence-electron chi connectivity index (χ1n) is 24.0. The standard InChI is InChI=1S/C29H29N5O2.C28H27N5O2/c1-21(6-19-29-31-33-34-32-29)36-27-17-11-23(12-18-27)8-7-22-9-15-26(16-10-22)35-20-25-14-13-24-4-2-3-5-28(24)30-25;1-20(16-28-30-32-33-31-28)35-26-10-5-7-22(18-26)13-12-21-6-4-9-25(17-21)34-19-24-15-14-23-8-2-3-11-27(23)29-24/h2-5,9-18,21H,6-8,19-20H2,1H3,(H,31,32,33,34);2-11,14-15,17-18,20H,12-13,16,19H2,1H3,(H,30,31,32,33). The van der Waals surface area contributed by atoms with Gasteiger partial charge in [0.25, 0.3) is 0 Å². The Hall–Kier alpha value is -8.52. The van der Waals surface area contributed by atoms with Crippen LogP contribution in [0.15, 0.2) is 170 Å². The fourth-order valence-electron chi connectivity index (χ4n) is 8.03. The zero-order valence-electron chi connectivity index (χ0n) is 39.9. The highest BCUT2D eigenvalue weighted by atomic mass is 16.5. The van der Waals surface area contributed by atoms with E-state index in [0.717, 1.165) is 94.7 Å². The van der Waals surface area contributed by atoms with Crippen LogP contribution >= 0.6 is 0 Å². The van der Waals surface area contributed by atoms with Gasteiger partial charge in [-0.1, -0.05) is 107 Å². The number of para-hydroxylation sites is 2. The van der Waals surface area contributed by atoms with Crippen LogP contribution < -0.4 is 18.9 Å². The van der Waals surface area contributed by atoms with Gasteiger partial charge < -0.3 is 18.9 Å². The number of nitrogens with one attached hydrogen (secondary N) is 2. The van der Waals surface area contributed by atoms with Crippen molar-refractivity contribution in [2.24, 2.45) is 0 Å². The minimum atomic E-state index is -0.0474. The summed E-state index contributed by atoms with van der Waals surface area (Å²) >= 11 is 0. The summed E-state index contributed by atoms with van der Waals surface area (Å²) in [7, 11) is 0. The highest BCUT2D eigenvalue weighted by Gasteiger charge is 2.11. The van der Waals surface area contributed by atoms with Crippen molar-refractivity contribution >= 4 is 21.8 Å². The molecule has 0 aliphatic rings. The lowest BCUT2D eigenvalue weighted by atomic mass is 10.0. The van der Waals surface area contributed by atoms with Gasteiger partial charge in [0.1, 0.15) is 42.3 Å². The fraction of sp³-hybridized carbons (Fsp3) is 0.228. The zero-order valence-corrected chi connectivity index (χ0v) is 39.9. The Morgan fingerprint density at radius 2 is 0.930 bits per heavy atom. The molecule has 2 unspecified atom stereocenters. The largest absolute Gasteiger partial charge is 0.491 e. The molecule has 0 radical (unpaired) electrons. The summed E-state index contributed by atoms with van der Waals surface area (Å²) < 4.78 is 24.1. The molecule has 6 aromatic carbocycles. The van der Waals surface area contributed by atoms with Gasteiger partial charge in [-0.2, -0.15) is 10.4 Å². The first-order chi connectivity index (χ1) is 34.9. The highest BCUT2D eigenvalue weighted by molar-refractivity contribution is 5.79. The number of benzene rings is 6. The quantitative estimate of drug-likeness (QED) is 0.0699. The van der Waals surface area contributed by atoms with E-state index in [1.807, 2.05) is 104 Å². The van der Waals surface area contributed by atoms with Crippen LogP contribution in [0.5, 0.6) is 23.0 Å². The van der Waals surface area contributed by atoms with Crippen LogP contribution in [0, 0.1) is 0 Å². The summed E-state index contributed by atoms with van der Waals surface area (Å²) in [6.07, 6.45) is 5.95. The molecule has 4 aromatic heterocycles. The molecule has 0 fully saturated rings. The number of tetrazole rings is 2. The van der Waals surface area contributed by atoms with E-state index in [1.165, 1.54) is 22.3 Å². The first-order valence-corrected chi connectivity index (χ1v) is 24.0. The van der Waals surface area contributed by atoms with Crippen molar-refractivity contribution in [1.82, 2.24) is 51.2 Å². The third kappa shape index (κ3) is 14.5. The Balaban J connectivity index is 0.000000176. The average Bonchev–Trinajstić information content (AvgIpc) is 4.14. The second-order valence-corrected chi connectivity index (χ2v) is 17.4. The van der Waals surface area contributed by atoms with Gasteiger partial charge in [0.15, 0.2) is 11.6 Å². The highest BCUT2D eigenvalue weighted by Crippen LogP contribution is 2.23. The number of pyridine rings is 2. The van der Waals surface area contributed by atoms with Crippen molar-refractivity contribution in [3.8, 4) is 23.0 Å². The van der Waals surface area contributed by atoms with Crippen LogP contribution in [-0.2, 0) is 51.7 Å². The zero-order chi connectivity index (χ0) is 48.5. The molecule has 14 heteroatoms. The van der Waals surface area contributed by atoms with Crippen LogP contribution in [0.1, 0.15) is 65.6 Å². The average molecular weight is 945 g/mol. The SMILES string of the molecule is CC(CCc1nn[nH]n1)Oc1ccc(CCc2ccc(OCc3ccc4ccccc4n3)cc2)cc1.CC(Cc1nn[nH]n1)Oc1cccc(CCc2cccc(OCc3ccc4ccccc4n3)c2)c1. The van der Waals surface area contributed by atoms with Crippen LogP contribution in [0.25, 0.3) is 21.8 Å². The van der Waals surface area contributed by atoms with E-state index >= 15 is 0 Å². The van der Waals surface area contributed by atoms with Gasteiger partial charge in [-0.15, -0.1) is 20.4 Å². The monoisotopic (exact) mass is 944 g/mol. The number of nitrogens with zero attached hydrogens (tertiary/aromatic N) is 8. The van der Waals surface area contributed by atoms with Gasteiger partial charge in [-0.05, 0) is 141 Å². The number of hydrogen-bond acceptors (Lipinski definition) is 12. The molecule has 71 heavy (non-hydrogen) atoms. The van der Waals surface area contributed by atoms with E-state index in [0.29, 0.717) is 31.3 Å². The molecular formula is C57H56N10O4. The molecule has 10 aromatic rings. The van der Waals surface area contributed by atoms with Gasteiger partial charge in [0, 0.05) is 23.6 Å². The number of hydrogen-bond donors (Lipinski definition) is 2. The second kappa shape index (κ2) is 24.2. The lowest BCUT2D eigenvalue weighted by molar-refractivity contribution is 0.210. The molecular weight excluding hydrogens is 889 g/mol. The van der Waals surface area contributed by atoms with Gasteiger partial charge in [0.05, 0.1) is 28.5 Å². The Morgan fingerprint density at radius 3 is 1.52 bits per heavy atom. The van der Waals surface area contributed by atoms with Crippen LogP contribution in [-0.4, -0.2) is 63.4 Å². The molecule has 0 bridgehead atoms. The number of ether oxygens (including phenoxy) is 4. The van der Waals surface area contributed by atoms with Crippen LogP contribution in [0.2, 0.25) is 0 Å². The molecule has 0 saturated carbocycles. The topological polar surface area (TPSA) is 172 Å².